The smallest absolute Gasteiger partial charge is 0.127 e. The van der Waals surface area contributed by atoms with Crippen molar-refractivity contribution in [3.05, 3.63) is 29.8 Å². The molecule has 0 fully saturated rings. The van der Waals surface area contributed by atoms with Gasteiger partial charge in [-0.15, -0.1) is 0 Å². The summed E-state index contributed by atoms with van der Waals surface area (Å²) in [5, 5.41) is 0. The Morgan fingerprint density at radius 2 is 2.14 bits per heavy atom. The molecule has 1 aromatic carbocycles. The van der Waals surface area contributed by atoms with Gasteiger partial charge < -0.3 is 9.64 Å². The van der Waals surface area contributed by atoms with Gasteiger partial charge >= 0.3 is 0 Å². The minimum atomic E-state index is 0.161. The van der Waals surface area contributed by atoms with Gasteiger partial charge in [0.05, 0.1) is 0 Å². The van der Waals surface area contributed by atoms with Crippen LogP contribution >= 0.6 is 0 Å². The van der Waals surface area contributed by atoms with Crippen molar-refractivity contribution in [3.8, 4) is 0 Å². The fraction of sp³-hybridized carbons (Fsp3) is 0.500. The Morgan fingerprint density at radius 3 is 2.86 bits per heavy atom. The van der Waals surface area contributed by atoms with Crippen LogP contribution in [0.3, 0.4) is 0 Å². The highest BCUT2D eigenvalue weighted by Gasteiger charge is 2.28. The van der Waals surface area contributed by atoms with E-state index in [1.165, 1.54) is 11.3 Å². The minimum Gasteiger partial charge on any atom is -0.362 e. The Kier molecular flexibility index (Phi) is 2.46. The van der Waals surface area contributed by atoms with Crippen molar-refractivity contribution >= 4 is 5.69 Å². The van der Waals surface area contributed by atoms with Crippen LogP contribution in [0.5, 0.6) is 0 Å². The molecule has 2 heteroatoms. The molecule has 0 aliphatic carbocycles. The van der Waals surface area contributed by atoms with Gasteiger partial charge in [-0.3, -0.25) is 0 Å². The number of benzene rings is 1. The van der Waals surface area contributed by atoms with Gasteiger partial charge in [0.25, 0.3) is 0 Å². The summed E-state index contributed by atoms with van der Waals surface area (Å²) in [6.07, 6.45) is 1.29. The molecule has 76 valence electrons. The molecule has 1 aromatic rings. The first-order valence-corrected chi connectivity index (χ1v) is 5.13. The lowest BCUT2D eigenvalue weighted by Crippen LogP contribution is -2.38. The summed E-state index contributed by atoms with van der Waals surface area (Å²) >= 11 is 0. The van der Waals surface area contributed by atoms with Crippen molar-refractivity contribution in [2.75, 3.05) is 12.0 Å². The topological polar surface area (TPSA) is 12.5 Å². The van der Waals surface area contributed by atoms with Crippen LogP contribution in [0.15, 0.2) is 24.3 Å². The summed E-state index contributed by atoms with van der Waals surface area (Å²) in [7, 11) is 1.76. The summed E-state index contributed by atoms with van der Waals surface area (Å²) in [4.78, 5) is 2.34. The highest BCUT2D eigenvalue weighted by Crippen LogP contribution is 2.33. The maximum absolute atomic E-state index is 5.39. The fourth-order valence-electron chi connectivity index (χ4n) is 2.26. The van der Waals surface area contributed by atoms with Gasteiger partial charge in [-0.05, 0) is 31.9 Å². The Bertz CT molecular complexity index is 320. The molecular formula is C12H17NO. The van der Waals surface area contributed by atoms with Gasteiger partial charge in [-0.1, -0.05) is 18.2 Å². The van der Waals surface area contributed by atoms with Crippen LogP contribution in [-0.4, -0.2) is 19.4 Å². The summed E-state index contributed by atoms with van der Waals surface area (Å²) in [5.41, 5.74) is 2.76. The SMILES string of the molecule is COC(C)N1c2ccccc2CC1C. The van der Waals surface area contributed by atoms with Crippen LogP contribution in [0.2, 0.25) is 0 Å². The zero-order valence-corrected chi connectivity index (χ0v) is 9.03. The van der Waals surface area contributed by atoms with Gasteiger partial charge in [-0.2, -0.15) is 0 Å². The van der Waals surface area contributed by atoms with Crippen LogP contribution in [0, 0.1) is 0 Å². The third kappa shape index (κ3) is 1.40. The first-order valence-electron chi connectivity index (χ1n) is 5.13. The lowest BCUT2D eigenvalue weighted by atomic mass is 10.1. The molecule has 0 aromatic heterocycles. The van der Waals surface area contributed by atoms with E-state index in [4.69, 9.17) is 4.74 Å². The number of rotatable bonds is 2. The molecule has 2 unspecified atom stereocenters. The Labute approximate surface area is 85.5 Å². The highest BCUT2D eigenvalue weighted by atomic mass is 16.5. The number of ether oxygens (including phenoxy) is 1. The van der Waals surface area contributed by atoms with E-state index < -0.39 is 0 Å². The summed E-state index contributed by atoms with van der Waals surface area (Å²) in [6.45, 7) is 4.34. The van der Waals surface area contributed by atoms with Crippen molar-refractivity contribution in [3.63, 3.8) is 0 Å². The normalized spacial score (nSPS) is 22.2. The molecule has 0 amide bonds. The average molecular weight is 191 g/mol. The van der Waals surface area contributed by atoms with Crippen LogP contribution in [0.4, 0.5) is 5.69 Å². The largest absolute Gasteiger partial charge is 0.362 e. The zero-order valence-electron chi connectivity index (χ0n) is 9.03. The first-order chi connectivity index (χ1) is 6.74. The lowest BCUT2D eigenvalue weighted by molar-refractivity contribution is 0.110. The van der Waals surface area contributed by atoms with Gasteiger partial charge in [0.2, 0.25) is 0 Å². The van der Waals surface area contributed by atoms with Crippen LogP contribution < -0.4 is 4.90 Å². The number of para-hydroxylation sites is 1. The van der Waals surface area contributed by atoms with E-state index in [-0.39, 0.29) is 6.23 Å². The number of methoxy groups -OCH3 is 1. The zero-order chi connectivity index (χ0) is 10.1. The van der Waals surface area contributed by atoms with E-state index in [9.17, 15) is 0 Å². The average Bonchev–Trinajstić information content (AvgIpc) is 2.53. The molecule has 14 heavy (non-hydrogen) atoms. The Morgan fingerprint density at radius 1 is 1.43 bits per heavy atom. The molecule has 0 radical (unpaired) electrons. The van der Waals surface area contributed by atoms with Gasteiger partial charge in [0.15, 0.2) is 0 Å². The second-order valence-electron chi connectivity index (χ2n) is 3.92. The quantitative estimate of drug-likeness (QED) is 0.712. The molecule has 2 rings (SSSR count). The maximum atomic E-state index is 5.39. The minimum absolute atomic E-state index is 0.161. The Balaban J connectivity index is 2.34. The molecule has 1 aliphatic rings. The molecule has 0 N–H and O–H groups in total. The van der Waals surface area contributed by atoms with Crippen molar-refractivity contribution < 1.29 is 4.74 Å². The second-order valence-corrected chi connectivity index (χ2v) is 3.92. The summed E-state index contributed by atoms with van der Waals surface area (Å²) in [5.74, 6) is 0. The predicted octanol–water partition coefficient (Wildman–Crippen LogP) is 2.43. The molecule has 1 aliphatic heterocycles. The van der Waals surface area contributed by atoms with Gasteiger partial charge in [0.1, 0.15) is 6.23 Å². The van der Waals surface area contributed by atoms with Crippen molar-refractivity contribution in [2.24, 2.45) is 0 Å². The number of fused-ring (bicyclic) bond motifs is 1. The molecule has 2 nitrogen and oxygen atoms in total. The van der Waals surface area contributed by atoms with E-state index in [0.717, 1.165) is 6.42 Å². The third-order valence-electron chi connectivity index (χ3n) is 2.99. The molecule has 0 saturated heterocycles. The molecule has 2 atom stereocenters. The van der Waals surface area contributed by atoms with E-state index in [0.29, 0.717) is 6.04 Å². The monoisotopic (exact) mass is 191 g/mol. The number of hydrogen-bond donors (Lipinski definition) is 0. The van der Waals surface area contributed by atoms with E-state index in [1.54, 1.807) is 7.11 Å². The van der Waals surface area contributed by atoms with Gasteiger partial charge in [0, 0.05) is 18.8 Å². The number of nitrogens with zero attached hydrogens (tertiary/aromatic N) is 1. The van der Waals surface area contributed by atoms with E-state index in [1.807, 2.05) is 0 Å². The molecule has 0 bridgehead atoms. The van der Waals surface area contributed by atoms with Gasteiger partial charge in [-0.25, -0.2) is 0 Å². The highest BCUT2D eigenvalue weighted by molar-refractivity contribution is 5.59. The fourth-order valence-corrected chi connectivity index (χ4v) is 2.26. The first kappa shape index (κ1) is 9.53. The summed E-state index contributed by atoms with van der Waals surface area (Å²) < 4.78 is 5.39. The molecular weight excluding hydrogens is 174 g/mol. The third-order valence-corrected chi connectivity index (χ3v) is 2.99. The van der Waals surface area contributed by atoms with E-state index >= 15 is 0 Å². The second kappa shape index (κ2) is 3.62. The van der Waals surface area contributed by atoms with E-state index in [2.05, 4.69) is 43.0 Å². The van der Waals surface area contributed by atoms with Crippen LogP contribution in [0.1, 0.15) is 19.4 Å². The standard InChI is InChI=1S/C12H17NO/c1-9-8-11-6-4-5-7-12(11)13(9)10(2)14-3/h4-7,9-10H,8H2,1-3H3. The molecule has 0 spiro atoms. The van der Waals surface area contributed by atoms with Crippen LogP contribution in [-0.2, 0) is 11.2 Å². The van der Waals surface area contributed by atoms with Crippen molar-refractivity contribution in [2.45, 2.75) is 32.5 Å². The van der Waals surface area contributed by atoms with Crippen molar-refractivity contribution in [1.82, 2.24) is 0 Å². The predicted molar refractivity (Wildman–Crippen MR) is 58.6 cm³/mol. The molecule has 1 heterocycles. The Hall–Kier alpha value is -1.02. The number of anilines is 1. The lowest BCUT2D eigenvalue weighted by Gasteiger charge is -2.30. The van der Waals surface area contributed by atoms with Crippen LogP contribution in [0.25, 0.3) is 0 Å². The molecule has 0 saturated carbocycles. The summed E-state index contributed by atoms with van der Waals surface area (Å²) in [6, 6.07) is 9.11. The van der Waals surface area contributed by atoms with Crippen molar-refractivity contribution in [1.29, 1.82) is 0 Å². The number of hydrogen-bond acceptors (Lipinski definition) is 2. The maximum Gasteiger partial charge on any atom is 0.127 e.